The average Bonchev–Trinajstić information content (AvgIpc) is 1.98. The molecule has 0 radical (unpaired) electrons. The van der Waals surface area contributed by atoms with Crippen molar-refractivity contribution in [3.63, 3.8) is 0 Å². The highest BCUT2D eigenvalue weighted by Gasteiger charge is 2.16. The Morgan fingerprint density at radius 1 is 1.36 bits per heavy atom. The third-order valence-corrected chi connectivity index (χ3v) is 5.58. The first-order valence-corrected chi connectivity index (χ1v) is 6.64. The van der Waals surface area contributed by atoms with Gasteiger partial charge in [0, 0.05) is 0 Å². The van der Waals surface area contributed by atoms with E-state index in [-0.39, 0.29) is 0 Å². The Morgan fingerprint density at radius 2 is 1.91 bits per heavy atom. The van der Waals surface area contributed by atoms with Gasteiger partial charge in [-0.3, -0.25) is 0 Å². The van der Waals surface area contributed by atoms with Crippen LogP contribution in [0.3, 0.4) is 0 Å². The molecule has 0 aromatic carbocycles. The molecule has 11 heavy (non-hydrogen) atoms. The summed E-state index contributed by atoms with van der Waals surface area (Å²) in [6.07, 6.45) is 2.14. The summed E-state index contributed by atoms with van der Waals surface area (Å²) >= 11 is 0. The first kappa shape index (κ1) is 11.1. The lowest BCUT2D eigenvalue weighted by Crippen LogP contribution is -2.47. The van der Waals surface area contributed by atoms with Crippen molar-refractivity contribution >= 4 is 8.96 Å². The second-order valence-electron chi connectivity index (χ2n) is 3.55. The van der Waals surface area contributed by atoms with Gasteiger partial charge in [-0.25, -0.2) is 0 Å². The van der Waals surface area contributed by atoms with E-state index < -0.39 is 8.96 Å². The molecule has 0 aliphatic heterocycles. The van der Waals surface area contributed by atoms with Gasteiger partial charge in [-0.2, -0.15) is 0 Å². The lowest BCUT2D eigenvalue weighted by atomic mass is 10.4. The quantitative estimate of drug-likeness (QED) is 0.610. The Balaban J connectivity index is 3.74. The van der Waals surface area contributed by atoms with Gasteiger partial charge in [0.15, 0.2) is 0 Å². The summed E-state index contributed by atoms with van der Waals surface area (Å²) in [7, 11) is -0.837. The first-order chi connectivity index (χ1) is 5.11. The van der Waals surface area contributed by atoms with Gasteiger partial charge in [-0.1, -0.05) is 34.1 Å². The zero-order valence-corrected chi connectivity index (χ0v) is 9.38. The molecule has 3 N–H and O–H groups in total. The van der Waals surface area contributed by atoms with E-state index >= 15 is 0 Å². The van der Waals surface area contributed by atoms with E-state index in [1.54, 1.807) is 0 Å². The highest BCUT2D eigenvalue weighted by Crippen LogP contribution is 2.10. The fraction of sp³-hybridized carbons (Fsp3) is 1.00. The van der Waals surface area contributed by atoms with Crippen LogP contribution in [-0.2, 0) is 0 Å². The Labute approximate surface area is 72.2 Å². The van der Waals surface area contributed by atoms with Crippen molar-refractivity contribution < 1.29 is 0 Å². The molecule has 0 rings (SSSR count). The zero-order chi connectivity index (χ0) is 8.85. The van der Waals surface area contributed by atoms with Gasteiger partial charge < -0.3 is 10.7 Å². The molecule has 0 bridgehead atoms. The van der Waals surface area contributed by atoms with Gasteiger partial charge in [0.05, 0.1) is 0 Å². The van der Waals surface area contributed by atoms with Crippen molar-refractivity contribution in [2.24, 2.45) is 5.73 Å². The second kappa shape index (κ2) is 5.74. The molecule has 0 aliphatic rings. The van der Waals surface area contributed by atoms with Gasteiger partial charge in [0.1, 0.15) is 8.96 Å². The van der Waals surface area contributed by atoms with E-state index in [9.17, 15) is 0 Å². The van der Waals surface area contributed by atoms with Crippen LogP contribution < -0.4 is 10.7 Å². The molecular weight excluding hydrogens is 152 g/mol. The molecule has 0 saturated heterocycles. The minimum absolute atomic E-state index is 0.601. The molecule has 68 valence electrons. The highest BCUT2D eigenvalue weighted by molar-refractivity contribution is 6.57. The van der Waals surface area contributed by atoms with Crippen LogP contribution in [-0.4, -0.2) is 21.2 Å². The molecule has 0 fully saturated rings. The Morgan fingerprint density at radius 3 is 2.18 bits per heavy atom. The van der Waals surface area contributed by atoms with Crippen molar-refractivity contribution in [3.05, 3.63) is 0 Å². The molecule has 0 spiro atoms. The summed E-state index contributed by atoms with van der Waals surface area (Å²) in [6.45, 7) is 8.93. The molecular formula is C8H22N2Si. The van der Waals surface area contributed by atoms with Crippen LogP contribution in [0, 0.1) is 0 Å². The highest BCUT2D eigenvalue weighted by atomic mass is 28.3. The normalized spacial score (nSPS) is 16.9. The predicted molar refractivity (Wildman–Crippen MR) is 54.2 cm³/mol. The molecule has 0 heterocycles. The fourth-order valence-electron chi connectivity index (χ4n) is 1.18. The van der Waals surface area contributed by atoms with E-state index in [4.69, 9.17) is 5.73 Å². The molecule has 2 unspecified atom stereocenters. The maximum Gasteiger partial charge on any atom is 0.125 e. The van der Waals surface area contributed by atoms with E-state index in [2.05, 4.69) is 32.7 Å². The minimum atomic E-state index is -0.837. The number of nitrogens with one attached hydrogen (secondary N) is 1. The van der Waals surface area contributed by atoms with Crippen molar-refractivity contribution in [3.8, 4) is 0 Å². The topological polar surface area (TPSA) is 38.0 Å². The second-order valence-corrected chi connectivity index (χ2v) is 6.70. The SMILES string of the molecule is CCC(C)[SiH](CN)NC(C)C. The van der Waals surface area contributed by atoms with Crippen LogP contribution in [0.4, 0.5) is 0 Å². The Kier molecular flexibility index (Phi) is 5.82. The van der Waals surface area contributed by atoms with Gasteiger partial charge in [0.2, 0.25) is 0 Å². The van der Waals surface area contributed by atoms with Crippen molar-refractivity contribution in [1.82, 2.24) is 4.98 Å². The lowest BCUT2D eigenvalue weighted by molar-refractivity contribution is 0.708. The molecule has 0 saturated carbocycles. The van der Waals surface area contributed by atoms with Crippen molar-refractivity contribution in [2.75, 3.05) is 6.17 Å². The fourth-order valence-corrected chi connectivity index (χ4v) is 3.53. The molecule has 0 aliphatic carbocycles. The van der Waals surface area contributed by atoms with E-state index in [1.807, 2.05) is 0 Å². The predicted octanol–water partition coefficient (Wildman–Crippen LogP) is 1.01. The standard InChI is InChI=1S/C8H22N2Si/c1-5-8(4)11(6-9)10-7(2)3/h7-8,10-11H,5-6,9H2,1-4H3. The number of nitrogens with two attached hydrogens (primary N) is 1. The van der Waals surface area contributed by atoms with E-state index in [1.165, 1.54) is 6.42 Å². The summed E-state index contributed by atoms with van der Waals surface area (Å²) in [5, 5.41) is 0. The van der Waals surface area contributed by atoms with Gasteiger partial charge in [0.25, 0.3) is 0 Å². The van der Waals surface area contributed by atoms with E-state index in [0.29, 0.717) is 6.04 Å². The summed E-state index contributed by atoms with van der Waals surface area (Å²) in [5.41, 5.74) is 6.52. The van der Waals surface area contributed by atoms with Gasteiger partial charge in [-0.05, 0) is 17.8 Å². The molecule has 0 aromatic rings. The summed E-state index contributed by atoms with van der Waals surface area (Å²) in [6, 6.07) is 0.601. The van der Waals surface area contributed by atoms with Gasteiger partial charge >= 0.3 is 0 Å². The largest absolute Gasteiger partial charge is 0.336 e. The third kappa shape index (κ3) is 4.56. The number of hydrogen-bond donors (Lipinski definition) is 2. The summed E-state index contributed by atoms with van der Waals surface area (Å²) < 4.78 is 0. The Hall–Kier alpha value is 0.137. The number of hydrogen-bond acceptors (Lipinski definition) is 2. The van der Waals surface area contributed by atoms with Crippen LogP contribution >= 0.6 is 0 Å². The van der Waals surface area contributed by atoms with Crippen LogP contribution in [0.15, 0.2) is 0 Å². The van der Waals surface area contributed by atoms with Crippen molar-refractivity contribution in [2.45, 2.75) is 45.7 Å². The Bertz CT molecular complexity index is 96.1. The third-order valence-electron chi connectivity index (χ3n) is 2.13. The molecule has 2 atom stereocenters. The van der Waals surface area contributed by atoms with Gasteiger partial charge in [-0.15, -0.1) is 0 Å². The molecule has 3 heteroatoms. The maximum atomic E-state index is 5.70. The zero-order valence-electron chi connectivity index (χ0n) is 8.22. The smallest absolute Gasteiger partial charge is 0.125 e. The van der Waals surface area contributed by atoms with Crippen LogP contribution in [0.5, 0.6) is 0 Å². The molecule has 0 amide bonds. The minimum Gasteiger partial charge on any atom is -0.336 e. The molecule has 0 aromatic heterocycles. The van der Waals surface area contributed by atoms with E-state index in [0.717, 1.165) is 11.7 Å². The van der Waals surface area contributed by atoms with Crippen molar-refractivity contribution in [1.29, 1.82) is 0 Å². The van der Waals surface area contributed by atoms with Crippen LogP contribution in [0.2, 0.25) is 5.54 Å². The maximum absolute atomic E-state index is 5.70. The number of rotatable bonds is 5. The van der Waals surface area contributed by atoms with Crippen LogP contribution in [0.25, 0.3) is 0 Å². The molecule has 2 nitrogen and oxygen atoms in total. The lowest BCUT2D eigenvalue weighted by Gasteiger charge is -2.23. The monoisotopic (exact) mass is 174 g/mol. The summed E-state index contributed by atoms with van der Waals surface area (Å²) in [4.78, 5) is 3.59. The average molecular weight is 174 g/mol. The summed E-state index contributed by atoms with van der Waals surface area (Å²) in [5.74, 6) is 0. The first-order valence-electron chi connectivity index (χ1n) is 4.57. The van der Waals surface area contributed by atoms with Crippen LogP contribution in [0.1, 0.15) is 34.1 Å².